The Labute approximate surface area is 228 Å². The van der Waals surface area contributed by atoms with Crippen LogP contribution in [-0.4, -0.2) is 44.3 Å². The van der Waals surface area contributed by atoms with E-state index in [9.17, 15) is 22.4 Å². The number of anilines is 1. The number of nitrogens with one attached hydrogen (secondary N) is 1. The second-order valence-electron chi connectivity index (χ2n) is 8.98. The van der Waals surface area contributed by atoms with Crippen LogP contribution in [0.5, 0.6) is 0 Å². The van der Waals surface area contributed by atoms with Crippen LogP contribution in [0.3, 0.4) is 0 Å². The van der Waals surface area contributed by atoms with Crippen molar-refractivity contribution in [2.75, 3.05) is 17.4 Å². The van der Waals surface area contributed by atoms with Crippen LogP contribution in [0.4, 0.5) is 10.1 Å². The first-order valence-corrected chi connectivity index (χ1v) is 13.9. The van der Waals surface area contributed by atoms with Crippen molar-refractivity contribution in [1.82, 2.24) is 10.2 Å². The van der Waals surface area contributed by atoms with Crippen LogP contribution < -0.4 is 9.62 Å². The number of benzene rings is 3. The van der Waals surface area contributed by atoms with Gasteiger partial charge in [-0.1, -0.05) is 47.5 Å². The van der Waals surface area contributed by atoms with Gasteiger partial charge < -0.3 is 10.2 Å². The lowest BCUT2D eigenvalue weighted by Gasteiger charge is -2.32. The van der Waals surface area contributed by atoms with E-state index in [0.717, 1.165) is 15.4 Å². The molecule has 3 aromatic rings. The van der Waals surface area contributed by atoms with Gasteiger partial charge in [-0.3, -0.25) is 13.9 Å². The molecule has 3 rings (SSSR count). The summed E-state index contributed by atoms with van der Waals surface area (Å²) in [4.78, 5) is 27.8. The van der Waals surface area contributed by atoms with Gasteiger partial charge in [-0.15, -0.1) is 0 Å². The molecule has 0 fully saturated rings. The predicted octanol–water partition coefficient (Wildman–Crippen LogP) is 4.84. The summed E-state index contributed by atoms with van der Waals surface area (Å²) >= 11 is 6.32. The zero-order chi connectivity index (χ0) is 28.0. The number of carbonyl (C=O) groups is 2. The highest BCUT2D eigenvalue weighted by Crippen LogP contribution is 2.28. The first-order chi connectivity index (χ1) is 17.9. The smallest absolute Gasteiger partial charge is 0.264 e. The predicted molar refractivity (Wildman–Crippen MR) is 147 cm³/mol. The van der Waals surface area contributed by atoms with Gasteiger partial charge in [0, 0.05) is 18.1 Å². The summed E-state index contributed by atoms with van der Waals surface area (Å²) in [6.45, 7) is 6.70. The summed E-state index contributed by atoms with van der Waals surface area (Å²) in [5.41, 5.74) is 2.42. The third kappa shape index (κ3) is 6.90. The molecule has 202 valence electrons. The number of halogens is 2. The van der Waals surface area contributed by atoms with Crippen LogP contribution in [-0.2, 0) is 26.2 Å². The summed E-state index contributed by atoms with van der Waals surface area (Å²) in [5.74, 6) is -1.44. The number of aryl methyl sites for hydroxylation is 2. The lowest BCUT2D eigenvalue weighted by molar-refractivity contribution is -0.139. The summed E-state index contributed by atoms with van der Waals surface area (Å²) in [7, 11) is -4.19. The van der Waals surface area contributed by atoms with Crippen molar-refractivity contribution < 1.29 is 22.4 Å². The van der Waals surface area contributed by atoms with E-state index in [1.807, 2.05) is 6.92 Å². The fourth-order valence-electron chi connectivity index (χ4n) is 3.79. The van der Waals surface area contributed by atoms with Crippen LogP contribution in [0, 0.1) is 19.7 Å². The van der Waals surface area contributed by atoms with Gasteiger partial charge in [-0.2, -0.15) is 0 Å². The van der Waals surface area contributed by atoms with E-state index >= 15 is 0 Å². The van der Waals surface area contributed by atoms with Crippen molar-refractivity contribution in [2.45, 2.75) is 45.2 Å². The average molecular weight is 560 g/mol. The molecule has 0 aromatic heterocycles. The van der Waals surface area contributed by atoms with Crippen molar-refractivity contribution in [3.8, 4) is 0 Å². The Morgan fingerprint density at radius 1 is 1.00 bits per heavy atom. The normalized spacial score (nSPS) is 12.1. The molecule has 0 bridgehead atoms. The molecule has 38 heavy (non-hydrogen) atoms. The molecular weight excluding hydrogens is 529 g/mol. The van der Waals surface area contributed by atoms with E-state index in [0.29, 0.717) is 17.1 Å². The number of nitrogens with zero attached hydrogens (tertiary/aromatic N) is 2. The molecule has 0 spiro atoms. The molecule has 7 nitrogen and oxygen atoms in total. The number of carbonyl (C=O) groups excluding carboxylic acids is 2. The highest BCUT2D eigenvalue weighted by Gasteiger charge is 2.32. The van der Waals surface area contributed by atoms with Gasteiger partial charge >= 0.3 is 0 Å². The van der Waals surface area contributed by atoms with E-state index < -0.39 is 40.2 Å². The average Bonchev–Trinajstić information content (AvgIpc) is 2.88. The molecule has 0 aliphatic rings. The van der Waals surface area contributed by atoms with Gasteiger partial charge in [0.05, 0.1) is 10.6 Å². The van der Waals surface area contributed by atoms with Crippen molar-refractivity contribution in [3.05, 3.63) is 94.3 Å². The maximum absolute atomic E-state index is 13.8. The zero-order valence-corrected chi connectivity index (χ0v) is 23.3. The van der Waals surface area contributed by atoms with Gasteiger partial charge in [0.2, 0.25) is 11.8 Å². The molecule has 0 aliphatic carbocycles. The number of hydrogen-bond donors (Lipinski definition) is 1. The summed E-state index contributed by atoms with van der Waals surface area (Å²) < 4.78 is 42.1. The third-order valence-corrected chi connectivity index (χ3v) is 8.31. The molecule has 10 heteroatoms. The Balaban J connectivity index is 2.05. The third-order valence-electron chi connectivity index (χ3n) is 6.12. The van der Waals surface area contributed by atoms with Crippen LogP contribution in [0.15, 0.2) is 71.6 Å². The van der Waals surface area contributed by atoms with E-state index in [2.05, 4.69) is 5.32 Å². The number of rotatable bonds is 10. The molecule has 0 saturated heterocycles. The molecule has 0 unspecified atom stereocenters. The first kappa shape index (κ1) is 29.1. The second kappa shape index (κ2) is 12.4. The van der Waals surface area contributed by atoms with E-state index in [-0.39, 0.29) is 17.1 Å². The minimum Gasteiger partial charge on any atom is -0.355 e. The standard InChI is InChI=1S/C28H31ClFN3O4S/c1-5-31-28(35)21(4)32(17-22-9-11-23(30)12-10-22)27(34)18-33(24-13-8-20(3)26(29)16-24)38(36,37)25-14-6-19(2)7-15-25/h6-16,21H,5,17-18H2,1-4H3,(H,31,35)/t21-/m0/s1. The van der Waals surface area contributed by atoms with E-state index in [1.165, 1.54) is 47.4 Å². The molecule has 1 atom stereocenters. The topological polar surface area (TPSA) is 86.8 Å². The highest BCUT2D eigenvalue weighted by atomic mass is 35.5. The molecule has 1 N–H and O–H groups in total. The van der Waals surface area contributed by atoms with Crippen molar-refractivity contribution in [1.29, 1.82) is 0 Å². The lowest BCUT2D eigenvalue weighted by Crippen LogP contribution is -2.51. The Morgan fingerprint density at radius 2 is 1.63 bits per heavy atom. The van der Waals surface area contributed by atoms with Crippen molar-refractivity contribution in [3.63, 3.8) is 0 Å². The van der Waals surface area contributed by atoms with Crippen molar-refractivity contribution in [2.24, 2.45) is 0 Å². The summed E-state index contributed by atoms with van der Waals surface area (Å²) in [6, 6.07) is 15.7. The van der Waals surface area contributed by atoms with Gasteiger partial charge in [0.1, 0.15) is 18.4 Å². The maximum Gasteiger partial charge on any atom is 0.264 e. The lowest BCUT2D eigenvalue weighted by atomic mass is 10.1. The Bertz CT molecular complexity index is 1400. The summed E-state index contributed by atoms with van der Waals surface area (Å²) in [5, 5.41) is 3.04. The largest absolute Gasteiger partial charge is 0.355 e. The molecule has 0 radical (unpaired) electrons. The van der Waals surface area contributed by atoms with E-state index in [4.69, 9.17) is 11.6 Å². The molecule has 0 aliphatic heterocycles. The number of amides is 2. The zero-order valence-electron chi connectivity index (χ0n) is 21.7. The number of likely N-dealkylation sites (N-methyl/N-ethyl adjacent to an activating group) is 1. The van der Waals surface area contributed by atoms with Crippen LogP contribution in [0.25, 0.3) is 0 Å². The van der Waals surface area contributed by atoms with Crippen LogP contribution in [0.1, 0.15) is 30.5 Å². The van der Waals surface area contributed by atoms with Gasteiger partial charge in [-0.05, 0) is 75.2 Å². The molecule has 2 amide bonds. The number of sulfonamides is 1. The van der Waals surface area contributed by atoms with Gasteiger partial charge in [0.25, 0.3) is 10.0 Å². The Morgan fingerprint density at radius 3 is 2.21 bits per heavy atom. The van der Waals surface area contributed by atoms with E-state index in [1.54, 1.807) is 45.0 Å². The molecule has 0 heterocycles. The summed E-state index contributed by atoms with van der Waals surface area (Å²) in [6.07, 6.45) is 0. The highest BCUT2D eigenvalue weighted by molar-refractivity contribution is 7.92. The SMILES string of the molecule is CCNC(=O)[C@H](C)N(Cc1ccc(F)cc1)C(=O)CN(c1ccc(C)c(Cl)c1)S(=O)(=O)c1ccc(C)cc1. The Hall–Kier alpha value is -3.43. The molecular formula is C28H31ClFN3O4S. The van der Waals surface area contributed by atoms with Gasteiger partial charge in [-0.25, -0.2) is 12.8 Å². The monoisotopic (exact) mass is 559 g/mol. The maximum atomic E-state index is 13.8. The van der Waals surface area contributed by atoms with Gasteiger partial charge in [0.15, 0.2) is 0 Å². The first-order valence-electron chi connectivity index (χ1n) is 12.1. The molecule has 0 saturated carbocycles. The van der Waals surface area contributed by atoms with Crippen LogP contribution >= 0.6 is 11.6 Å². The second-order valence-corrected chi connectivity index (χ2v) is 11.2. The van der Waals surface area contributed by atoms with Crippen LogP contribution in [0.2, 0.25) is 5.02 Å². The minimum atomic E-state index is -4.19. The number of hydrogen-bond acceptors (Lipinski definition) is 4. The Kier molecular flexibility index (Phi) is 9.51. The molecule has 3 aromatic carbocycles. The fraction of sp³-hybridized carbons (Fsp3) is 0.286. The fourth-order valence-corrected chi connectivity index (χ4v) is 5.37. The minimum absolute atomic E-state index is 0.00876. The van der Waals surface area contributed by atoms with Crippen molar-refractivity contribution >= 4 is 39.1 Å². The quantitative estimate of drug-likeness (QED) is 0.385.